The molecule has 0 radical (unpaired) electrons. The normalized spacial score (nSPS) is 10.4. The van der Waals surface area contributed by atoms with Crippen molar-refractivity contribution < 1.29 is 4.79 Å². The van der Waals surface area contributed by atoms with Crippen LogP contribution in [-0.4, -0.2) is 25.7 Å². The summed E-state index contributed by atoms with van der Waals surface area (Å²) < 4.78 is 1.84. The second-order valence-corrected chi connectivity index (χ2v) is 4.38. The highest BCUT2D eigenvalue weighted by molar-refractivity contribution is 6.04. The van der Waals surface area contributed by atoms with Crippen LogP contribution < -0.4 is 5.32 Å². The Balaban J connectivity index is 1.90. The first-order valence-electron chi connectivity index (χ1n) is 6.15. The van der Waals surface area contributed by atoms with Crippen LogP contribution in [0.15, 0.2) is 49.1 Å². The molecule has 0 fully saturated rings. The van der Waals surface area contributed by atoms with Crippen LogP contribution in [0.5, 0.6) is 0 Å². The molecule has 0 aliphatic rings. The molecule has 0 saturated heterocycles. The number of rotatable bonds is 3. The van der Waals surface area contributed by atoms with Crippen molar-refractivity contribution in [2.24, 2.45) is 0 Å². The number of aromatic amines is 1. The average Bonchev–Trinajstić information content (AvgIpc) is 3.10. The van der Waals surface area contributed by atoms with Gasteiger partial charge < -0.3 is 9.88 Å². The number of benzene rings is 1. The van der Waals surface area contributed by atoms with Crippen LogP contribution in [0.3, 0.4) is 0 Å². The molecule has 0 unspecified atom stereocenters. The minimum atomic E-state index is -0.248. The van der Waals surface area contributed by atoms with E-state index in [1.165, 1.54) is 0 Å². The zero-order valence-corrected chi connectivity index (χ0v) is 10.9. The molecule has 0 saturated carbocycles. The van der Waals surface area contributed by atoms with Crippen LogP contribution in [-0.2, 0) is 0 Å². The van der Waals surface area contributed by atoms with Gasteiger partial charge in [0.15, 0.2) is 5.69 Å². The van der Waals surface area contributed by atoms with Gasteiger partial charge in [-0.1, -0.05) is 12.1 Å². The number of imidazole rings is 1. The predicted molar refractivity (Wildman–Crippen MR) is 74.8 cm³/mol. The van der Waals surface area contributed by atoms with Crippen LogP contribution >= 0.6 is 0 Å². The number of carbonyl (C=O) groups is 1. The molecule has 2 N–H and O–H groups in total. The Morgan fingerprint density at radius 3 is 2.90 bits per heavy atom. The SMILES string of the molecule is Cc1cc(C(=O)Nc2ccccc2-n2ccnc2)n[nH]1. The molecular weight excluding hydrogens is 254 g/mol. The molecule has 1 aromatic carbocycles. The summed E-state index contributed by atoms with van der Waals surface area (Å²) in [4.78, 5) is 16.1. The maximum atomic E-state index is 12.1. The van der Waals surface area contributed by atoms with Gasteiger partial charge in [-0.3, -0.25) is 9.89 Å². The van der Waals surface area contributed by atoms with Crippen molar-refractivity contribution in [2.45, 2.75) is 6.92 Å². The van der Waals surface area contributed by atoms with Gasteiger partial charge >= 0.3 is 0 Å². The molecule has 2 heterocycles. The molecule has 1 amide bonds. The van der Waals surface area contributed by atoms with Gasteiger partial charge in [-0.05, 0) is 25.1 Å². The van der Waals surface area contributed by atoms with Crippen LogP contribution in [0.4, 0.5) is 5.69 Å². The number of hydrogen-bond acceptors (Lipinski definition) is 3. The van der Waals surface area contributed by atoms with Crippen molar-refractivity contribution in [1.29, 1.82) is 0 Å². The molecule has 0 spiro atoms. The third kappa shape index (κ3) is 2.31. The van der Waals surface area contributed by atoms with E-state index in [9.17, 15) is 4.79 Å². The van der Waals surface area contributed by atoms with E-state index < -0.39 is 0 Å². The third-order valence-electron chi connectivity index (χ3n) is 2.87. The summed E-state index contributed by atoms with van der Waals surface area (Å²) in [5, 5.41) is 9.56. The smallest absolute Gasteiger partial charge is 0.276 e. The van der Waals surface area contributed by atoms with E-state index in [4.69, 9.17) is 0 Å². The van der Waals surface area contributed by atoms with Gasteiger partial charge in [0, 0.05) is 18.1 Å². The fourth-order valence-corrected chi connectivity index (χ4v) is 1.93. The maximum absolute atomic E-state index is 12.1. The number of carbonyl (C=O) groups excluding carboxylic acids is 1. The minimum Gasteiger partial charge on any atom is -0.319 e. The topological polar surface area (TPSA) is 75.6 Å². The van der Waals surface area contributed by atoms with Crippen molar-refractivity contribution in [3.8, 4) is 5.69 Å². The summed E-state index contributed by atoms with van der Waals surface area (Å²) in [5.41, 5.74) is 2.77. The van der Waals surface area contributed by atoms with Gasteiger partial charge in [-0.25, -0.2) is 4.98 Å². The number of nitrogens with one attached hydrogen (secondary N) is 2. The fourth-order valence-electron chi connectivity index (χ4n) is 1.93. The zero-order chi connectivity index (χ0) is 13.9. The van der Waals surface area contributed by atoms with Gasteiger partial charge in [0.1, 0.15) is 0 Å². The lowest BCUT2D eigenvalue weighted by atomic mass is 10.2. The lowest BCUT2D eigenvalue weighted by Gasteiger charge is -2.10. The Kier molecular flexibility index (Phi) is 3.04. The highest BCUT2D eigenvalue weighted by Gasteiger charge is 2.12. The number of anilines is 1. The standard InChI is InChI=1S/C14H13N5O/c1-10-8-12(18-17-10)14(20)16-11-4-2-3-5-13(11)19-7-6-15-9-19/h2-9H,1H3,(H,16,20)(H,17,18). The van der Waals surface area contributed by atoms with Crippen molar-refractivity contribution in [1.82, 2.24) is 19.7 Å². The minimum absolute atomic E-state index is 0.248. The molecule has 2 aromatic heterocycles. The third-order valence-corrected chi connectivity index (χ3v) is 2.87. The van der Waals surface area contributed by atoms with E-state index in [1.807, 2.05) is 42.0 Å². The number of nitrogens with zero attached hydrogens (tertiary/aromatic N) is 3. The molecular formula is C14H13N5O. The second kappa shape index (κ2) is 5.00. The molecule has 20 heavy (non-hydrogen) atoms. The van der Waals surface area contributed by atoms with Gasteiger partial charge in [-0.15, -0.1) is 0 Å². The lowest BCUT2D eigenvalue weighted by Crippen LogP contribution is -2.14. The van der Waals surface area contributed by atoms with E-state index in [0.717, 1.165) is 11.4 Å². The van der Waals surface area contributed by atoms with Crippen LogP contribution in [0, 0.1) is 6.92 Å². The molecule has 100 valence electrons. The average molecular weight is 267 g/mol. The summed E-state index contributed by atoms with van der Waals surface area (Å²) in [6.07, 6.45) is 5.20. The van der Waals surface area contributed by atoms with E-state index in [-0.39, 0.29) is 5.91 Å². The first kappa shape index (κ1) is 12.2. The summed E-state index contributed by atoms with van der Waals surface area (Å²) in [6, 6.07) is 9.23. The molecule has 0 aliphatic carbocycles. The number of aryl methyl sites for hydroxylation is 1. The largest absolute Gasteiger partial charge is 0.319 e. The van der Waals surface area contributed by atoms with Gasteiger partial charge in [0.05, 0.1) is 17.7 Å². The molecule has 3 aromatic rings. The van der Waals surface area contributed by atoms with Crippen LogP contribution in [0.1, 0.15) is 16.2 Å². The number of amides is 1. The highest BCUT2D eigenvalue weighted by atomic mass is 16.1. The van der Waals surface area contributed by atoms with Crippen molar-refractivity contribution in [3.63, 3.8) is 0 Å². The highest BCUT2D eigenvalue weighted by Crippen LogP contribution is 2.20. The Morgan fingerprint density at radius 1 is 1.35 bits per heavy atom. The number of H-pyrrole nitrogens is 1. The summed E-state index contributed by atoms with van der Waals surface area (Å²) >= 11 is 0. The van der Waals surface area contributed by atoms with E-state index >= 15 is 0 Å². The van der Waals surface area contributed by atoms with Crippen molar-refractivity contribution in [2.75, 3.05) is 5.32 Å². The molecule has 0 aliphatic heterocycles. The second-order valence-electron chi connectivity index (χ2n) is 4.38. The summed E-state index contributed by atoms with van der Waals surface area (Å²) in [5.74, 6) is -0.248. The van der Waals surface area contributed by atoms with E-state index in [2.05, 4.69) is 20.5 Å². The van der Waals surface area contributed by atoms with Crippen molar-refractivity contribution in [3.05, 3.63) is 60.4 Å². The Bertz CT molecular complexity index is 730. The number of aromatic nitrogens is 4. The first-order valence-corrected chi connectivity index (χ1v) is 6.15. The van der Waals surface area contributed by atoms with Gasteiger partial charge in [0.25, 0.3) is 5.91 Å². The number of para-hydroxylation sites is 2. The fraction of sp³-hybridized carbons (Fsp3) is 0.0714. The van der Waals surface area contributed by atoms with E-state index in [1.54, 1.807) is 18.6 Å². The zero-order valence-electron chi connectivity index (χ0n) is 10.9. The van der Waals surface area contributed by atoms with Crippen LogP contribution in [0.25, 0.3) is 5.69 Å². The first-order chi connectivity index (χ1) is 9.74. The summed E-state index contributed by atoms with van der Waals surface area (Å²) in [7, 11) is 0. The Labute approximate surface area is 115 Å². The molecule has 0 bridgehead atoms. The molecule has 6 heteroatoms. The molecule has 0 atom stereocenters. The van der Waals surface area contributed by atoms with Gasteiger partial charge in [0.2, 0.25) is 0 Å². The Hall–Kier alpha value is -2.89. The molecule has 6 nitrogen and oxygen atoms in total. The molecule has 3 rings (SSSR count). The summed E-state index contributed by atoms with van der Waals surface area (Å²) in [6.45, 7) is 1.85. The quantitative estimate of drug-likeness (QED) is 0.763. The predicted octanol–water partition coefficient (Wildman–Crippen LogP) is 2.16. The van der Waals surface area contributed by atoms with Gasteiger partial charge in [-0.2, -0.15) is 5.10 Å². The number of hydrogen-bond donors (Lipinski definition) is 2. The van der Waals surface area contributed by atoms with Crippen LogP contribution in [0.2, 0.25) is 0 Å². The van der Waals surface area contributed by atoms with E-state index in [0.29, 0.717) is 11.4 Å². The maximum Gasteiger partial charge on any atom is 0.276 e. The monoisotopic (exact) mass is 267 g/mol. The van der Waals surface area contributed by atoms with Crippen molar-refractivity contribution >= 4 is 11.6 Å². The Morgan fingerprint density at radius 2 is 2.20 bits per heavy atom. The lowest BCUT2D eigenvalue weighted by molar-refractivity contribution is 0.102.